The fraction of sp³-hybridized carbons (Fsp3) is 0.333. The van der Waals surface area contributed by atoms with Crippen LogP contribution in [0.25, 0.3) is 10.9 Å². The van der Waals surface area contributed by atoms with Gasteiger partial charge in [-0.25, -0.2) is 0 Å². The van der Waals surface area contributed by atoms with Crippen LogP contribution in [0.2, 0.25) is 0 Å². The van der Waals surface area contributed by atoms with Crippen LogP contribution in [-0.4, -0.2) is 28.9 Å². The highest BCUT2D eigenvalue weighted by Gasteiger charge is 2.25. The highest BCUT2D eigenvalue weighted by atomic mass is 16.2. The van der Waals surface area contributed by atoms with Gasteiger partial charge in [0.05, 0.1) is 6.04 Å². The summed E-state index contributed by atoms with van der Waals surface area (Å²) in [5, 5.41) is 6.85. The molecule has 0 fully saturated rings. The zero-order valence-corrected chi connectivity index (χ0v) is 17.5. The Bertz CT molecular complexity index is 981. The standard InChI is InChI=1S/C24H30N4O2/c1-16(2)12-20(25)23(29)28-22(24(30)27-14-17-8-4-3-5-9-17)13-18-15-26-21-11-7-6-10-19(18)21/h3-11,15-16,20,22,26H,12-14,25H2,1-2H3,(H,27,30)(H,28,29)/t20-,22-/m0/s1. The van der Waals surface area contributed by atoms with Gasteiger partial charge in [-0.15, -0.1) is 0 Å². The SMILES string of the molecule is CC(C)C[C@H](N)C(=O)N[C@@H](Cc1c[nH]c2ccccc12)C(=O)NCc1ccccc1. The van der Waals surface area contributed by atoms with Gasteiger partial charge in [0, 0.05) is 30.1 Å². The summed E-state index contributed by atoms with van der Waals surface area (Å²) in [6, 6.07) is 16.2. The van der Waals surface area contributed by atoms with Crippen LogP contribution < -0.4 is 16.4 Å². The van der Waals surface area contributed by atoms with Crippen molar-refractivity contribution in [2.75, 3.05) is 0 Å². The van der Waals surface area contributed by atoms with Crippen molar-refractivity contribution in [3.63, 3.8) is 0 Å². The number of hydrogen-bond donors (Lipinski definition) is 4. The molecule has 2 atom stereocenters. The van der Waals surface area contributed by atoms with E-state index in [0.717, 1.165) is 22.0 Å². The molecule has 0 aliphatic rings. The average Bonchev–Trinajstić information content (AvgIpc) is 3.14. The van der Waals surface area contributed by atoms with E-state index in [9.17, 15) is 9.59 Å². The van der Waals surface area contributed by atoms with Gasteiger partial charge in [0.2, 0.25) is 11.8 Å². The topological polar surface area (TPSA) is 100 Å². The molecule has 0 spiro atoms. The summed E-state index contributed by atoms with van der Waals surface area (Å²) < 4.78 is 0. The van der Waals surface area contributed by atoms with Crippen molar-refractivity contribution in [3.8, 4) is 0 Å². The molecule has 6 heteroatoms. The Morgan fingerprint density at radius 1 is 1.00 bits per heavy atom. The second kappa shape index (κ2) is 10.1. The highest BCUT2D eigenvalue weighted by Crippen LogP contribution is 2.19. The molecule has 5 N–H and O–H groups in total. The van der Waals surface area contributed by atoms with Crippen molar-refractivity contribution < 1.29 is 9.59 Å². The molecule has 0 bridgehead atoms. The third kappa shape index (κ3) is 5.70. The highest BCUT2D eigenvalue weighted by molar-refractivity contribution is 5.91. The third-order valence-electron chi connectivity index (χ3n) is 5.10. The summed E-state index contributed by atoms with van der Waals surface area (Å²) in [6.07, 6.45) is 2.84. The number of para-hydroxylation sites is 1. The van der Waals surface area contributed by atoms with Crippen LogP contribution in [0, 0.1) is 5.92 Å². The van der Waals surface area contributed by atoms with Gasteiger partial charge in [-0.1, -0.05) is 62.4 Å². The first-order valence-corrected chi connectivity index (χ1v) is 10.4. The third-order valence-corrected chi connectivity index (χ3v) is 5.10. The maximum absolute atomic E-state index is 13.0. The minimum Gasteiger partial charge on any atom is -0.361 e. The van der Waals surface area contributed by atoms with Crippen molar-refractivity contribution in [1.29, 1.82) is 0 Å². The molecule has 0 aliphatic carbocycles. The number of benzene rings is 2. The number of aromatic amines is 1. The second-order valence-electron chi connectivity index (χ2n) is 8.06. The van der Waals surface area contributed by atoms with Gasteiger partial charge in [-0.3, -0.25) is 9.59 Å². The minimum atomic E-state index is -0.710. The Labute approximate surface area is 177 Å². The maximum Gasteiger partial charge on any atom is 0.243 e. The molecular formula is C24H30N4O2. The van der Waals surface area contributed by atoms with Gasteiger partial charge in [0.15, 0.2) is 0 Å². The number of H-pyrrole nitrogens is 1. The minimum absolute atomic E-state index is 0.228. The summed E-state index contributed by atoms with van der Waals surface area (Å²) in [5.41, 5.74) is 9.02. The van der Waals surface area contributed by atoms with E-state index >= 15 is 0 Å². The lowest BCUT2D eigenvalue weighted by Crippen LogP contribution is -2.52. The number of rotatable bonds is 9. The predicted molar refractivity (Wildman–Crippen MR) is 120 cm³/mol. The van der Waals surface area contributed by atoms with E-state index in [2.05, 4.69) is 15.6 Å². The Kier molecular flexibility index (Phi) is 7.25. The number of hydrogen-bond acceptors (Lipinski definition) is 3. The van der Waals surface area contributed by atoms with Gasteiger partial charge in [-0.2, -0.15) is 0 Å². The van der Waals surface area contributed by atoms with Crippen molar-refractivity contribution in [2.45, 2.75) is 45.3 Å². The molecule has 0 unspecified atom stereocenters. The number of fused-ring (bicyclic) bond motifs is 1. The molecule has 1 heterocycles. The zero-order chi connectivity index (χ0) is 21.5. The number of nitrogens with one attached hydrogen (secondary N) is 3. The first-order valence-electron chi connectivity index (χ1n) is 10.4. The molecule has 0 saturated carbocycles. The Morgan fingerprint density at radius 2 is 1.70 bits per heavy atom. The summed E-state index contributed by atoms with van der Waals surface area (Å²) >= 11 is 0. The molecule has 0 saturated heterocycles. The molecule has 2 amide bonds. The summed E-state index contributed by atoms with van der Waals surface area (Å²) in [7, 11) is 0. The second-order valence-corrected chi connectivity index (χ2v) is 8.06. The Morgan fingerprint density at radius 3 is 2.43 bits per heavy atom. The van der Waals surface area contributed by atoms with Gasteiger partial charge in [0.1, 0.15) is 6.04 Å². The van der Waals surface area contributed by atoms with Crippen LogP contribution >= 0.6 is 0 Å². The quantitative estimate of drug-likeness (QED) is 0.440. The van der Waals surface area contributed by atoms with E-state index in [1.54, 1.807) is 0 Å². The fourth-order valence-corrected chi connectivity index (χ4v) is 3.53. The van der Waals surface area contributed by atoms with Crippen molar-refractivity contribution >= 4 is 22.7 Å². The average molecular weight is 407 g/mol. The Balaban J connectivity index is 1.75. The lowest BCUT2D eigenvalue weighted by Gasteiger charge is -2.21. The smallest absolute Gasteiger partial charge is 0.243 e. The molecule has 30 heavy (non-hydrogen) atoms. The molecule has 6 nitrogen and oxygen atoms in total. The van der Waals surface area contributed by atoms with Gasteiger partial charge in [0.25, 0.3) is 0 Å². The molecular weight excluding hydrogens is 376 g/mol. The predicted octanol–water partition coefficient (Wildman–Crippen LogP) is 2.89. The lowest BCUT2D eigenvalue weighted by molar-refractivity contribution is -0.129. The van der Waals surface area contributed by atoms with Gasteiger partial charge >= 0.3 is 0 Å². The van der Waals surface area contributed by atoms with Crippen molar-refractivity contribution in [3.05, 3.63) is 71.9 Å². The largest absolute Gasteiger partial charge is 0.361 e. The van der Waals surface area contributed by atoms with Gasteiger partial charge in [-0.05, 0) is 29.5 Å². The number of nitrogens with two attached hydrogens (primary N) is 1. The maximum atomic E-state index is 13.0. The molecule has 3 aromatic rings. The van der Waals surface area contributed by atoms with Crippen LogP contribution in [0.5, 0.6) is 0 Å². The van der Waals surface area contributed by atoms with Gasteiger partial charge < -0.3 is 21.4 Å². The molecule has 3 rings (SSSR count). The van der Waals surface area contributed by atoms with Crippen molar-refractivity contribution in [1.82, 2.24) is 15.6 Å². The molecule has 2 aromatic carbocycles. The molecule has 158 valence electrons. The number of amides is 2. The number of carbonyl (C=O) groups is 2. The van der Waals surface area contributed by atoms with E-state index in [4.69, 9.17) is 5.73 Å². The first-order chi connectivity index (χ1) is 14.4. The Hall–Kier alpha value is -3.12. The molecule has 0 aliphatic heterocycles. The van der Waals surface area contributed by atoms with Crippen LogP contribution in [0.4, 0.5) is 0 Å². The first kappa shape index (κ1) is 21.6. The fourth-order valence-electron chi connectivity index (χ4n) is 3.53. The van der Waals surface area contributed by atoms with Crippen LogP contribution in [0.1, 0.15) is 31.4 Å². The molecule has 1 aromatic heterocycles. The van der Waals surface area contributed by atoms with Crippen LogP contribution in [0.15, 0.2) is 60.8 Å². The summed E-state index contributed by atoms with van der Waals surface area (Å²) in [6.45, 7) is 4.43. The molecule has 0 radical (unpaired) electrons. The lowest BCUT2D eigenvalue weighted by atomic mass is 10.0. The van der Waals surface area contributed by atoms with E-state index in [-0.39, 0.29) is 11.8 Å². The normalized spacial score (nSPS) is 13.2. The van der Waals surface area contributed by atoms with E-state index in [1.165, 1.54) is 0 Å². The summed E-state index contributed by atoms with van der Waals surface area (Å²) in [4.78, 5) is 28.8. The zero-order valence-electron chi connectivity index (χ0n) is 17.5. The van der Waals surface area contributed by atoms with E-state index < -0.39 is 12.1 Å². The monoisotopic (exact) mass is 406 g/mol. The van der Waals surface area contributed by atoms with E-state index in [1.807, 2.05) is 74.6 Å². The van der Waals surface area contributed by atoms with Crippen LogP contribution in [-0.2, 0) is 22.6 Å². The number of carbonyl (C=O) groups excluding carboxylic acids is 2. The van der Waals surface area contributed by atoms with E-state index in [0.29, 0.717) is 25.3 Å². The van der Waals surface area contributed by atoms with Crippen molar-refractivity contribution in [2.24, 2.45) is 11.7 Å². The number of aromatic nitrogens is 1. The van der Waals surface area contributed by atoms with Crippen LogP contribution in [0.3, 0.4) is 0 Å². The summed E-state index contributed by atoms with van der Waals surface area (Å²) in [5.74, 6) is -0.234.